The lowest BCUT2D eigenvalue weighted by Crippen LogP contribution is -2.36. The summed E-state index contributed by atoms with van der Waals surface area (Å²) in [4.78, 5) is 22.3. The van der Waals surface area contributed by atoms with Crippen molar-refractivity contribution < 1.29 is 22.8 Å². The Morgan fingerprint density at radius 2 is 1.90 bits per heavy atom. The van der Waals surface area contributed by atoms with E-state index in [-0.39, 0.29) is 11.6 Å². The minimum Gasteiger partial charge on any atom is -0.346 e. The van der Waals surface area contributed by atoms with Gasteiger partial charge in [-0.05, 0) is 18.2 Å². The molecule has 20 heavy (non-hydrogen) atoms. The first-order valence-corrected chi connectivity index (χ1v) is 5.75. The number of alkyl halides is 3. The molecule has 0 heterocycles. The molecule has 0 atom stereocenters. The zero-order valence-corrected chi connectivity index (χ0v) is 10.8. The van der Waals surface area contributed by atoms with Crippen LogP contribution in [0.25, 0.3) is 0 Å². The van der Waals surface area contributed by atoms with Crippen molar-refractivity contribution in [1.82, 2.24) is 5.32 Å². The second kappa shape index (κ2) is 6.58. The maximum absolute atomic E-state index is 12.8. The van der Waals surface area contributed by atoms with Crippen molar-refractivity contribution in [3.63, 3.8) is 0 Å². The summed E-state index contributed by atoms with van der Waals surface area (Å²) < 4.78 is 38.3. The lowest BCUT2D eigenvalue weighted by molar-refractivity contribution is -0.137. The van der Waals surface area contributed by atoms with Crippen molar-refractivity contribution in [2.24, 2.45) is 5.73 Å². The van der Waals surface area contributed by atoms with E-state index >= 15 is 0 Å². The van der Waals surface area contributed by atoms with Crippen LogP contribution in [-0.2, 0) is 15.8 Å². The molecule has 0 aliphatic heterocycles. The van der Waals surface area contributed by atoms with E-state index in [1.54, 1.807) is 0 Å². The maximum atomic E-state index is 12.8. The standard InChI is InChI=1S/C11H11ClF3N3O2/c12-6-1-2-8(7(3-6)11(13,14)15)18-10(20)5-17-9(19)4-16/h1-3H,4-5,16H2,(H,17,19)(H,18,20). The van der Waals surface area contributed by atoms with Gasteiger partial charge in [-0.25, -0.2) is 0 Å². The molecule has 110 valence electrons. The van der Waals surface area contributed by atoms with Crippen LogP contribution in [-0.4, -0.2) is 24.9 Å². The maximum Gasteiger partial charge on any atom is 0.418 e. The van der Waals surface area contributed by atoms with Crippen LogP contribution in [0, 0.1) is 0 Å². The van der Waals surface area contributed by atoms with Gasteiger partial charge in [0.1, 0.15) is 0 Å². The van der Waals surface area contributed by atoms with E-state index in [1.165, 1.54) is 6.07 Å². The fourth-order valence-electron chi connectivity index (χ4n) is 1.31. The van der Waals surface area contributed by atoms with Crippen LogP contribution in [0.1, 0.15) is 5.56 Å². The van der Waals surface area contributed by atoms with E-state index in [1.807, 2.05) is 0 Å². The molecule has 1 rings (SSSR count). The van der Waals surface area contributed by atoms with E-state index in [0.717, 1.165) is 6.07 Å². The Hall–Kier alpha value is -1.80. The zero-order valence-electron chi connectivity index (χ0n) is 10.1. The predicted molar refractivity (Wildman–Crippen MR) is 67.1 cm³/mol. The number of hydrogen-bond acceptors (Lipinski definition) is 3. The Morgan fingerprint density at radius 1 is 1.25 bits per heavy atom. The van der Waals surface area contributed by atoms with Gasteiger partial charge in [-0.15, -0.1) is 0 Å². The minimum atomic E-state index is -4.66. The third-order valence-corrected chi connectivity index (χ3v) is 2.43. The first-order valence-electron chi connectivity index (χ1n) is 5.37. The molecule has 0 aliphatic rings. The van der Waals surface area contributed by atoms with Crippen LogP contribution < -0.4 is 16.4 Å². The van der Waals surface area contributed by atoms with E-state index in [4.69, 9.17) is 17.3 Å². The highest BCUT2D eigenvalue weighted by atomic mass is 35.5. The summed E-state index contributed by atoms with van der Waals surface area (Å²) in [5, 5.41) is 4.08. The molecule has 0 aliphatic carbocycles. The highest BCUT2D eigenvalue weighted by Gasteiger charge is 2.34. The van der Waals surface area contributed by atoms with Crippen molar-refractivity contribution in [2.45, 2.75) is 6.18 Å². The average Bonchev–Trinajstić information content (AvgIpc) is 2.36. The van der Waals surface area contributed by atoms with E-state index < -0.39 is 35.8 Å². The number of benzene rings is 1. The molecule has 0 saturated carbocycles. The minimum absolute atomic E-state index is 0.105. The Labute approximate surface area is 117 Å². The molecular weight excluding hydrogens is 299 g/mol. The van der Waals surface area contributed by atoms with Gasteiger partial charge in [0, 0.05) is 5.02 Å². The monoisotopic (exact) mass is 309 g/mol. The number of anilines is 1. The van der Waals surface area contributed by atoms with Gasteiger partial charge in [0.25, 0.3) is 0 Å². The van der Waals surface area contributed by atoms with Crippen molar-refractivity contribution in [3.8, 4) is 0 Å². The van der Waals surface area contributed by atoms with Crippen LogP contribution in [0.3, 0.4) is 0 Å². The molecule has 0 radical (unpaired) electrons. The van der Waals surface area contributed by atoms with Crippen molar-refractivity contribution in [1.29, 1.82) is 0 Å². The van der Waals surface area contributed by atoms with Crippen LogP contribution in [0.4, 0.5) is 18.9 Å². The van der Waals surface area contributed by atoms with Crippen LogP contribution >= 0.6 is 11.6 Å². The molecule has 1 aromatic rings. The average molecular weight is 310 g/mol. The van der Waals surface area contributed by atoms with Gasteiger partial charge < -0.3 is 16.4 Å². The highest BCUT2D eigenvalue weighted by molar-refractivity contribution is 6.30. The summed E-state index contributed by atoms with van der Waals surface area (Å²) in [5.74, 6) is -1.40. The largest absolute Gasteiger partial charge is 0.418 e. The highest BCUT2D eigenvalue weighted by Crippen LogP contribution is 2.36. The van der Waals surface area contributed by atoms with E-state index in [0.29, 0.717) is 6.07 Å². The van der Waals surface area contributed by atoms with Gasteiger partial charge in [0.15, 0.2) is 0 Å². The van der Waals surface area contributed by atoms with Crippen LogP contribution in [0.15, 0.2) is 18.2 Å². The summed E-state index contributed by atoms with van der Waals surface area (Å²) >= 11 is 5.50. The molecule has 0 aromatic heterocycles. The fourth-order valence-corrected chi connectivity index (χ4v) is 1.48. The molecule has 0 saturated heterocycles. The van der Waals surface area contributed by atoms with Gasteiger partial charge >= 0.3 is 6.18 Å². The number of nitrogens with two attached hydrogens (primary N) is 1. The number of hydrogen-bond donors (Lipinski definition) is 3. The molecular formula is C11H11ClF3N3O2. The first kappa shape index (κ1) is 16.3. The summed E-state index contributed by atoms with van der Waals surface area (Å²) in [6, 6.07) is 2.95. The molecule has 1 aromatic carbocycles. The lowest BCUT2D eigenvalue weighted by Gasteiger charge is -2.14. The molecule has 9 heteroatoms. The van der Waals surface area contributed by atoms with Crippen LogP contribution in [0.2, 0.25) is 5.02 Å². The van der Waals surface area contributed by atoms with Gasteiger partial charge in [-0.1, -0.05) is 11.6 Å². The Bertz CT molecular complexity index is 520. The second-order valence-corrected chi connectivity index (χ2v) is 4.15. The third kappa shape index (κ3) is 4.71. The van der Waals surface area contributed by atoms with Gasteiger partial charge in [0.2, 0.25) is 11.8 Å². The number of amides is 2. The molecule has 0 unspecified atom stereocenters. The third-order valence-electron chi connectivity index (χ3n) is 2.19. The summed E-state index contributed by atoms with van der Waals surface area (Å²) in [5.41, 5.74) is 3.50. The normalized spacial score (nSPS) is 11.1. The van der Waals surface area contributed by atoms with E-state index in [9.17, 15) is 22.8 Å². The lowest BCUT2D eigenvalue weighted by atomic mass is 10.1. The van der Waals surface area contributed by atoms with E-state index in [2.05, 4.69) is 10.6 Å². The Balaban J connectivity index is 2.82. The van der Waals surface area contributed by atoms with Gasteiger partial charge in [0.05, 0.1) is 24.3 Å². The summed E-state index contributed by atoms with van der Waals surface area (Å²) in [6.07, 6.45) is -4.66. The van der Waals surface area contributed by atoms with Gasteiger partial charge in [-0.3, -0.25) is 9.59 Å². The number of carbonyl (C=O) groups excluding carboxylic acids is 2. The molecule has 0 bridgehead atoms. The molecule has 0 fully saturated rings. The molecule has 4 N–H and O–H groups in total. The summed E-state index contributed by atoms with van der Waals surface area (Å²) in [6.45, 7) is -0.794. The van der Waals surface area contributed by atoms with Crippen molar-refractivity contribution in [3.05, 3.63) is 28.8 Å². The summed E-state index contributed by atoms with van der Waals surface area (Å²) in [7, 11) is 0. The van der Waals surface area contributed by atoms with Crippen LogP contribution in [0.5, 0.6) is 0 Å². The van der Waals surface area contributed by atoms with Gasteiger partial charge in [-0.2, -0.15) is 13.2 Å². The fraction of sp³-hybridized carbons (Fsp3) is 0.273. The first-order chi connectivity index (χ1) is 9.24. The van der Waals surface area contributed by atoms with Crippen molar-refractivity contribution in [2.75, 3.05) is 18.4 Å². The Morgan fingerprint density at radius 3 is 2.45 bits per heavy atom. The number of carbonyl (C=O) groups is 2. The SMILES string of the molecule is NCC(=O)NCC(=O)Nc1ccc(Cl)cc1C(F)(F)F. The predicted octanol–water partition coefficient (Wildman–Crippen LogP) is 1.37. The molecule has 0 spiro atoms. The molecule has 5 nitrogen and oxygen atoms in total. The Kier molecular flexibility index (Phi) is 5.34. The second-order valence-electron chi connectivity index (χ2n) is 3.72. The topological polar surface area (TPSA) is 84.2 Å². The number of halogens is 4. The zero-order chi connectivity index (χ0) is 15.3. The number of nitrogens with one attached hydrogen (secondary N) is 2. The number of rotatable bonds is 4. The van der Waals surface area contributed by atoms with Crippen molar-refractivity contribution >= 4 is 29.1 Å². The molecule has 2 amide bonds. The smallest absolute Gasteiger partial charge is 0.346 e. The quantitative estimate of drug-likeness (QED) is 0.785.